The fourth-order valence-electron chi connectivity index (χ4n) is 4.06. The molecule has 4 heterocycles. The smallest absolute Gasteiger partial charge is 0.229 e. The Kier molecular flexibility index (Phi) is 4.96. The number of amides is 1. The van der Waals surface area contributed by atoms with Crippen LogP contribution in [0.2, 0.25) is 5.02 Å². The van der Waals surface area contributed by atoms with Crippen LogP contribution in [-0.2, 0) is 11.2 Å². The van der Waals surface area contributed by atoms with E-state index < -0.39 is 0 Å². The quantitative estimate of drug-likeness (QED) is 0.670. The van der Waals surface area contributed by atoms with Crippen LogP contribution in [0.15, 0.2) is 48.9 Å². The Morgan fingerprint density at radius 1 is 1.00 bits per heavy atom. The molecule has 1 saturated heterocycles. The molecule has 30 heavy (non-hydrogen) atoms. The summed E-state index contributed by atoms with van der Waals surface area (Å²) in [6.45, 7) is 1.57. The second-order valence-corrected chi connectivity index (χ2v) is 7.86. The Morgan fingerprint density at radius 3 is 2.70 bits per heavy atom. The zero-order chi connectivity index (χ0) is 20.5. The van der Waals surface area contributed by atoms with Gasteiger partial charge < -0.3 is 15.1 Å². The molecule has 2 aliphatic heterocycles. The van der Waals surface area contributed by atoms with E-state index >= 15 is 0 Å². The number of halogens is 1. The van der Waals surface area contributed by atoms with Gasteiger partial charge in [-0.2, -0.15) is 4.98 Å². The van der Waals surface area contributed by atoms with E-state index in [0.29, 0.717) is 23.2 Å². The maximum atomic E-state index is 12.0. The van der Waals surface area contributed by atoms with Gasteiger partial charge in [-0.15, -0.1) is 0 Å². The Balaban J connectivity index is 1.43. The summed E-state index contributed by atoms with van der Waals surface area (Å²) in [5.74, 6) is 1.24. The number of rotatable bonds is 4. The van der Waals surface area contributed by atoms with Gasteiger partial charge in [0.05, 0.1) is 30.0 Å². The summed E-state index contributed by atoms with van der Waals surface area (Å²) in [5, 5.41) is 3.71. The number of para-hydroxylation sites is 1. The number of nitrogens with zero attached hydrogens (tertiary/aromatic N) is 5. The highest BCUT2D eigenvalue weighted by atomic mass is 35.5. The lowest BCUT2D eigenvalue weighted by atomic mass is 10.0. The Morgan fingerprint density at radius 2 is 1.83 bits per heavy atom. The van der Waals surface area contributed by atoms with Gasteiger partial charge in [-0.3, -0.25) is 9.78 Å². The van der Waals surface area contributed by atoms with Crippen LogP contribution >= 0.6 is 11.6 Å². The van der Waals surface area contributed by atoms with Crippen LogP contribution in [0.3, 0.4) is 0 Å². The standard InChI is InChI=1S/C22H21ClN6O/c23-18-14-25-22(26-16-11-17(13-24-12-16)28-9-4-8-20(28)30)27-21(18)29-10-3-6-15-5-1-2-7-19(15)29/h1-2,5,7,11-14H,3-4,6,8-10H2,(H,25,26,27). The molecule has 2 aromatic heterocycles. The zero-order valence-electron chi connectivity index (χ0n) is 16.4. The first-order valence-electron chi connectivity index (χ1n) is 10.1. The van der Waals surface area contributed by atoms with Crippen molar-refractivity contribution in [3.05, 3.63) is 59.5 Å². The first kappa shape index (κ1) is 18.8. The van der Waals surface area contributed by atoms with Crippen LogP contribution in [0.4, 0.5) is 28.8 Å². The number of benzene rings is 1. The van der Waals surface area contributed by atoms with E-state index in [1.165, 1.54) is 5.56 Å². The van der Waals surface area contributed by atoms with E-state index in [1.54, 1.807) is 23.5 Å². The van der Waals surface area contributed by atoms with Crippen LogP contribution in [-0.4, -0.2) is 33.9 Å². The average Bonchev–Trinajstić information content (AvgIpc) is 3.21. The van der Waals surface area contributed by atoms with Gasteiger partial charge in [0.1, 0.15) is 5.02 Å². The highest BCUT2D eigenvalue weighted by molar-refractivity contribution is 6.33. The number of hydrogen-bond acceptors (Lipinski definition) is 6. The van der Waals surface area contributed by atoms with Gasteiger partial charge in [-0.05, 0) is 37.0 Å². The van der Waals surface area contributed by atoms with E-state index in [-0.39, 0.29) is 5.91 Å². The Labute approximate surface area is 179 Å². The van der Waals surface area contributed by atoms with Gasteiger partial charge in [-0.25, -0.2) is 4.98 Å². The summed E-state index contributed by atoms with van der Waals surface area (Å²) >= 11 is 6.48. The lowest BCUT2D eigenvalue weighted by Crippen LogP contribution is -2.26. The zero-order valence-corrected chi connectivity index (χ0v) is 17.1. The van der Waals surface area contributed by atoms with E-state index in [2.05, 4.69) is 38.4 Å². The summed E-state index contributed by atoms with van der Waals surface area (Å²) < 4.78 is 0. The molecule has 0 spiro atoms. The van der Waals surface area contributed by atoms with E-state index in [4.69, 9.17) is 16.6 Å². The summed E-state index contributed by atoms with van der Waals surface area (Å²) in [6.07, 6.45) is 8.55. The van der Waals surface area contributed by atoms with Gasteiger partial charge >= 0.3 is 0 Å². The molecule has 3 aromatic rings. The van der Waals surface area contributed by atoms with E-state index in [9.17, 15) is 4.79 Å². The van der Waals surface area contributed by atoms with Crippen molar-refractivity contribution in [1.82, 2.24) is 15.0 Å². The number of nitrogens with one attached hydrogen (secondary N) is 1. The number of aromatic nitrogens is 3. The molecule has 0 saturated carbocycles. The van der Waals surface area contributed by atoms with Crippen LogP contribution in [0.1, 0.15) is 24.8 Å². The predicted molar refractivity (Wildman–Crippen MR) is 118 cm³/mol. The topological polar surface area (TPSA) is 74.2 Å². The molecular formula is C22H21ClN6O. The van der Waals surface area contributed by atoms with Gasteiger partial charge in [0.2, 0.25) is 11.9 Å². The summed E-state index contributed by atoms with van der Waals surface area (Å²) in [5.41, 5.74) is 3.92. The van der Waals surface area contributed by atoms with Gasteiger partial charge in [0, 0.05) is 25.2 Å². The molecule has 0 bridgehead atoms. The van der Waals surface area contributed by atoms with Crippen LogP contribution < -0.4 is 15.1 Å². The lowest BCUT2D eigenvalue weighted by Gasteiger charge is -2.31. The largest absolute Gasteiger partial charge is 0.325 e. The molecule has 1 amide bonds. The number of aryl methyl sites for hydroxylation is 1. The van der Waals surface area contributed by atoms with Crippen LogP contribution in [0, 0.1) is 0 Å². The Hall–Kier alpha value is -3.19. The molecule has 1 N–H and O–H groups in total. The number of carbonyl (C=O) groups excluding carboxylic acids is 1. The number of carbonyl (C=O) groups is 1. The minimum atomic E-state index is 0.128. The first-order valence-corrected chi connectivity index (χ1v) is 10.5. The highest BCUT2D eigenvalue weighted by Gasteiger charge is 2.23. The summed E-state index contributed by atoms with van der Waals surface area (Å²) in [4.78, 5) is 29.2. The van der Waals surface area contributed by atoms with Crippen molar-refractivity contribution in [2.24, 2.45) is 0 Å². The SMILES string of the molecule is O=C1CCCN1c1cncc(Nc2ncc(Cl)c(N3CCCc4ccccc43)n2)c1. The third-order valence-corrected chi connectivity index (χ3v) is 5.72. The number of fused-ring (bicyclic) bond motifs is 1. The van der Waals surface area contributed by atoms with Gasteiger partial charge in [-0.1, -0.05) is 29.8 Å². The minimum Gasteiger partial charge on any atom is -0.325 e. The molecule has 152 valence electrons. The maximum Gasteiger partial charge on any atom is 0.229 e. The Bertz CT molecular complexity index is 1100. The lowest BCUT2D eigenvalue weighted by molar-refractivity contribution is -0.117. The van der Waals surface area contributed by atoms with Crippen molar-refractivity contribution >= 4 is 46.3 Å². The van der Waals surface area contributed by atoms with Crippen LogP contribution in [0.25, 0.3) is 0 Å². The summed E-state index contributed by atoms with van der Waals surface area (Å²) in [6, 6.07) is 10.2. The molecule has 2 aliphatic rings. The maximum absolute atomic E-state index is 12.0. The van der Waals surface area contributed by atoms with Crippen molar-refractivity contribution in [3.8, 4) is 0 Å². The van der Waals surface area contributed by atoms with Crippen molar-refractivity contribution in [2.75, 3.05) is 28.2 Å². The molecule has 0 aliphatic carbocycles. The van der Waals surface area contributed by atoms with Crippen molar-refractivity contribution in [3.63, 3.8) is 0 Å². The molecule has 5 rings (SSSR count). The summed E-state index contributed by atoms with van der Waals surface area (Å²) in [7, 11) is 0. The van der Waals surface area contributed by atoms with Gasteiger partial charge in [0.15, 0.2) is 5.82 Å². The number of anilines is 5. The fraction of sp³-hybridized carbons (Fsp3) is 0.273. The highest BCUT2D eigenvalue weighted by Crippen LogP contribution is 2.36. The van der Waals surface area contributed by atoms with Crippen molar-refractivity contribution < 1.29 is 4.79 Å². The minimum absolute atomic E-state index is 0.128. The molecular weight excluding hydrogens is 400 g/mol. The second kappa shape index (κ2) is 7.91. The first-order chi connectivity index (χ1) is 14.7. The third-order valence-electron chi connectivity index (χ3n) is 5.46. The van der Waals surface area contributed by atoms with Crippen molar-refractivity contribution in [1.29, 1.82) is 0 Å². The molecule has 1 fully saturated rings. The number of hydrogen-bond donors (Lipinski definition) is 1. The normalized spacial score (nSPS) is 16.0. The monoisotopic (exact) mass is 420 g/mol. The molecule has 0 unspecified atom stereocenters. The van der Waals surface area contributed by atoms with Gasteiger partial charge in [0.25, 0.3) is 0 Å². The third kappa shape index (κ3) is 3.57. The number of pyridine rings is 1. The average molecular weight is 421 g/mol. The molecule has 7 nitrogen and oxygen atoms in total. The fourth-order valence-corrected chi connectivity index (χ4v) is 4.25. The molecule has 0 radical (unpaired) electrons. The van der Waals surface area contributed by atoms with E-state index in [0.717, 1.165) is 49.4 Å². The molecule has 1 aromatic carbocycles. The molecule has 8 heteroatoms. The van der Waals surface area contributed by atoms with Crippen molar-refractivity contribution in [2.45, 2.75) is 25.7 Å². The van der Waals surface area contributed by atoms with E-state index in [1.807, 2.05) is 12.1 Å². The predicted octanol–water partition coefficient (Wildman–Crippen LogP) is 4.48. The molecule has 0 atom stereocenters. The second-order valence-electron chi connectivity index (χ2n) is 7.45. The van der Waals surface area contributed by atoms with Crippen LogP contribution in [0.5, 0.6) is 0 Å².